The molecule has 42 heavy (non-hydrogen) atoms. The van der Waals surface area contributed by atoms with Gasteiger partial charge in [-0.25, -0.2) is 9.97 Å². The fraction of sp³-hybridized carbons (Fsp3) is 0.613. The van der Waals surface area contributed by atoms with Crippen LogP contribution >= 0.6 is 0 Å². The van der Waals surface area contributed by atoms with Crippen molar-refractivity contribution in [2.45, 2.75) is 57.4 Å². The molecule has 2 aliphatic rings. The number of carboxylic acids is 1. The summed E-state index contributed by atoms with van der Waals surface area (Å²) >= 11 is 0. The first-order valence-electron chi connectivity index (χ1n) is 14.9. The number of aryl methyl sites for hydroxylation is 1. The van der Waals surface area contributed by atoms with Crippen LogP contribution in [0.3, 0.4) is 0 Å². The Labute approximate surface area is 248 Å². The number of benzene rings is 1. The van der Waals surface area contributed by atoms with Crippen molar-refractivity contribution in [3.05, 3.63) is 42.0 Å². The quantitative estimate of drug-likeness (QED) is 0.295. The lowest BCUT2D eigenvalue weighted by Gasteiger charge is -2.30. The molecule has 3 heterocycles. The second-order valence-electron chi connectivity index (χ2n) is 11.4. The number of hydrogen-bond acceptors (Lipinski definition) is 9. The number of aliphatic carboxylic acids is 1. The van der Waals surface area contributed by atoms with Crippen LogP contribution in [-0.4, -0.2) is 108 Å². The minimum Gasteiger partial charge on any atom is -0.493 e. The molecule has 0 radical (unpaired) electrons. The lowest BCUT2D eigenvalue weighted by Crippen LogP contribution is -2.45. The van der Waals surface area contributed by atoms with Gasteiger partial charge in [-0.15, -0.1) is 0 Å². The van der Waals surface area contributed by atoms with Gasteiger partial charge in [-0.2, -0.15) is 0 Å². The summed E-state index contributed by atoms with van der Waals surface area (Å²) < 4.78 is 16.8. The number of fused-ring (bicyclic) bond motifs is 1. The van der Waals surface area contributed by atoms with Crippen LogP contribution in [0.4, 0.5) is 0 Å². The third-order valence-corrected chi connectivity index (χ3v) is 8.24. The van der Waals surface area contributed by atoms with E-state index in [4.69, 9.17) is 14.2 Å². The van der Waals surface area contributed by atoms with Gasteiger partial charge < -0.3 is 29.1 Å². The summed E-state index contributed by atoms with van der Waals surface area (Å²) in [7, 11) is 5.67. The highest BCUT2D eigenvalue weighted by Gasteiger charge is 2.47. The summed E-state index contributed by atoms with van der Waals surface area (Å²) in [5, 5.41) is 10.6. The zero-order valence-corrected chi connectivity index (χ0v) is 25.3. The van der Waals surface area contributed by atoms with Gasteiger partial charge in [0, 0.05) is 43.5 Å². The lowest BCUT2D eigenvalue weighted by atomic mass is 9.83. The molecule has 2 aromatic rings. The number of aromatic nitrogens is 2. The topological polar surface area (TPSA) is 118 Å². The van der Waals surface area contributed by atoms with Gasteiger partial charge in [0.25, 0.3) is 0 Å². The first-order chi connectivity index (χ1) is 20.3. The first-order valence-corrected chi connectivity index (χ1v) is 14.9. The monoisotopic (exact) mass is 583 g/mol. The Morgan fingerprint density at radius 1 is 1.14 bits per heavy atom. The molecular formula is C31H45N5O6. The van der Waals surface area contributed by atoms with E-state index in [9.17, 15) is 14.7 Å². The van der Waals surface area contributed by atoms with Crippen molar-refractivity contribution in [2.24, 2.45) is 5.92 Å². The van der Waals surface area contributed by atoms with E-state index in [0.29, 0.717) is 49.7 Å². The van der Waals surface area contributed by atoms with E-state index in [0.717, 1.165) is 43.5 Å². The van der Waals surface area contributed by atoms with Gasteiger partial charge in [-0.05, 0) is 76.5 Å². The zero-order chi connectivity index (χ0) is 30.1. The molecule has 3 atom stereocenters. The van der Waals surface area contributed by atoms with Gasteiger partial charge in [0.2, 0.25) is 18.4 Å². The van der Waals surface area contributed by atoms with Crippen molar-refractivity contribution in [2.75, 3.05) is 60.7 Å². The molecular weight excluding hydrogens is 538 g/mol. The van der Waals surface area contributed by atoms with Gasteiger partial charge >= 0.3 is 5.97 Å². The number of nitrogens with zero attached hydrogens (tertiary/aromatic N) is 5. The minimum atomic E-state index is -0.884. The Morgan fingerprint density at radius 3 is 2.62 bits per heavy atom. The van der Waals surface area contributed by atoms with Crippen molar-refractivity contribution in [3.8, 4) is 17.2 Å². The Bertz CT molecular complexity index is 1180. The fourth-order valence-corrected chi connectivity index (χ4v) is 6.03. The van der Waals surface area contributed by atoms with Crippen LogP contribution in [0.15, 0.2) is 30.7 Å². The van der Waals surface area contributed by atoms with Crippen molar-refractivity contribution >= 4 is 11.9 Å². The van der Waals surface area contributed by atoms with Crippen LogP contribution in [0.25, 0.3) is 0 Å². The predicted molar refractivity (Wildman–Crippen MR) is 158 cm³/mol. The Kier molecular flexibility index (Phi) is 11.4. The molecule has 1 N–H and O–H groups in total. The molecule has 2 aliphatic heterocycles. The number of carbonyl (C=O) groups is 2. The number of likely N-dealkylation sites (tertiary alicyclic amines) is 1. The number of rotatable bonds is 16. The molecule has 11 heteroatoms. The van der Waals surface area contributed by atoms with Crippen LogP contribution in [0.1, 0.15) is 56.2 Å². The van der Waals surface area contributed by atoms with Crippen molar-refractivity contribution in [1.82, 2.24) is 24.7 Å². The van der Waals surface area contributed by atoms with E-state index < -0.39 is 11.9 Å². The van der Waals surface area contributed by atoms with E-state index in [1.54, 1.807) is 13.3 Å². The number of carboxylic acid groups (broad SMARTS) is 1. The zero-order valence-electron chi connectivity index (χ0n) is 25.3. The molecule has 4 rings (SSSR count). The number of hydrogen-bond donors (Lipinski definition) is 1. The average Bonchev–Trinajstić information content (AvgIpc) is 3.60. The molecule has 11 nitrogen and oxygen atoms in total. The van der Waals surface area contributed by atoms with Gasteiger partial charge in [-0.1, -0.05) is 13.3 Å². The molecule has 0 unspecified atom stereocenters. The molecule has 1 amide bonds. The van der Waals surface area contributed by atoms with Crippen LogP contribution in [0.2, 0.25) is 0 Å². The van der Waals surface area contributed by atoms with Crippen molar-refractivity contribution < 1.29 is 28.9 Å². The number of unbranched alkanes of at least 4 members (excludes halogenated alkanes) is 2. The van der Waals surface area contributed by atoms with E-state index >= 15 is 0 Å². The molecule has 1 aromatic heterocycles. The first kappa shape index (κ1) is 31.5. The molecule has 0 bridgehead atoms. The Balaban J connectivity index is 1.59. The van der Waals surface area contributed by atoms with Gasteiger partial charge in [0.15, 0.2) is 11.5 Å². The van der Waals surface area contributed by atoms with E-state index in [1.807, 2.05) is 23.1 Å². The maximum Gasteiger partial charge on any atom is 0.308 e. The third kappa shape index (κ3) is 7.89. The van der Waals surface area contributed by atoms with Crippen molar-refractivity contribution in [1.29, 1.82) is 0 Å². The number of ether oxygens (including phenoxy) is 3. The highest BCUT2D eigenvalue weighted by Crippen LogP contribution is 2.47. The number of methoxy groups -OCH3 is 1. The fourth-order valence-electron chi connectivity index (χ4n) is 6.03. The van der Waals surface area contributed by atoms with Gasteiger partial charge in [0.1, 0.15) is 6.33 Å². The summed E-state index contributed by atoms with van der Waals surface area (Å²) in [6.07, 6.45) is 8.22. The SMILES string of the molecule is CCCCN(CCCCN(C)C)C(=O)CN1C[C@H](c2cc(OC)c3c(c2)OCO3)[C@@H](C(=O)O)[C@@H]1CCc1ccncn1. The van der Waals surface area contributed by atoms with Crippen molar-refractivity contribution in [3.63, 3.8) is 0 Å². The van der Waals surface area contributed by atoms with E-state index in [1.165, 1.54) is 6.33 Å². The standard InChI is InChI=1S/C31H45N5O6/c1-5-6-14-35(15-8-7-13-34(2)3)28(37)19-36-18-24(22-16-26(40-4)30-27(17-22)41-21-42-30)29(31(38)39)25(36)10-9-23-11-12-32-20-33-23/h11-12,16-17,20,24-25,29H,5-10,13-15,18-19,21H2,1-4H3,(H,38,39)/t24-,25+,29-/m1/s1. The highest BCUT2D eigenvalue weighted by atomic mass is 16.7. The largest absolute Gasteiger partial charge is 0.493 e. The number of carbonyl (C=O) groups excluding carboxylic acids is 1. The molecule has 0 saturated carbocycles. The minimum absolute atomic E-state index is 0.0494. The summed E-state index contributed by atoms with van der Waals surface area (Å²) in [6.45, 7) is 5.22. The van der Waals surface area contributed by atoms with Gasteiger partial charge in [0.05, 0.1) is 19.6 Å². The Hall–Kier alpha value is -3.44. The highest BCUT2D eigenvalue weighted by molar-refractivity contribution is 5.79. The maximum absolute atomic E-state index is 13.8. The normalized spacial score (nSPS) is 19.8. The van der Waals surface area contributed by atoms with Crippen LogP contribution in [0, 0.1) is 5.92 Å². The van der Waals surface area contributed by atoms with Crippen LogP contribution < -0.4 is 14.2 Å². The Morgan fingerprint density at radius 2 is 1.93 bits per heavy atom. The summed E-state index contributed by atoms with van der Waals surface area (Å²) in [5.41, 5.74) is 1.65. The molecule has 0 aliphatic carbocycles. The molecule has 0 spiro atoms. The van der Waals surface area contributed by atoms with Crippen LogP contribution in [-0.2, 0) is 16.0 Å². The van der Waals surface area contributed by atoms with E-state index in [2.05, 4.69) is 40.8 Å². The van der Waals surface area contributed by atoms with Gasteiger partial charge in [-0.3, -0.25) is 14.5 Å². The molecule has 230 valence electrons. The molecule has 1 fully saturated rings. The number of amides is 1. The summed E-state index contributed by atoms with van der Waals surface area (Å²) in [4.78, 5) is 41.2. The lowest BCUT2D eigenvalue weighted by molar-refractivity contribution is -0.143. The smallest absolute Gasteiger partial charge is 0.308 e. The second kappa shape index (κ2) is 15.2. The second-order valence-corrected chi connectivity index (χ2v) is 11.4. The third-order valence-electron chi connectivity index (χ3n) is 8.24. The average molecular weight is 584 g/mol. The maximum atomic E-state index is 13.8. The molecule has 1 saturated heterocycles. The molecule has 1 aromatic carbocycles. The van der Waals surface area contributed by atoms with Crippen LogP contribution in [0.5, 0.6) is 17.2 Å². The summed E-state index contributed by atoms with van der Waals surface area (Å²) in [5.74, 6) is -0.339. The summed E-state index contributed by atoms with van der Waals surface area (Å²) in [6, 6.07) is 5.20. The van der Waals surface area contributed by atoms with E-state index in [-0.39, 0.29) is 31.2 Å². The predicted octanol–water partition coefficient (Wildman–Crippen LogP) is 3.29.